The molecular formula is C16H31O2Si. The maximum atomic E-state index is 5.74. The summed E-state index contributed by atoms with van der Waals surface area (Å²) in [7, 11) is -0.194. The van der Waals surface area contributed by atoms with E-state index in [2.05, 4.69) is 25.7 Å². The van der Waals surface area contributed by atoms with Gasteiger partial charge in [-0.3, -0.25) is 0 Å². The molecule has 0 aromatic rings. The van der Waals surface area contributed by atoms with Crippen LogP contribution >= 0.6 is 0 Å². The van der Waals surface area contributed by atoms with E-state index in [9.17, 15) is 0 Å². The highest BCUT2D eigenvalue weighted by atomic mass is 28.3. The summed E-state index contributed by atoms with van der Waals surface area (Å²) in [4.78, 5) is 0. The Morgan fingerprint density at radius 2 is 2.05 bits per heavy atom. The van der Waals surface area contributed by atoms with E-state index in [0.29, 0.717) is 0 Å². The molecule has 1 radical (unpaired) electrons. The highest BCUT2D eigenvalue weighted by Gasteiger charge is 2.13. The van der Waals surface area contributed by atoms with Crippen LogP contribution in [0.4, 0.5) is 0 Å². The van der Waals surface area contributed by atoms with Crippen molar-refractivity contribution in [2.24, 2.45) is 0 Å². The monoisotopic (exact) mass is 283 g/mol. The van der Waals surface area contributed by atoms with E-state index in [1.54, 1.807) is 0 Å². The molecule has 2 unspecified atom stereocenters. The average molecular weight is 284 g/mol. The topological polar surface area (TPSA) is 18.5 Å². The van der Waals surface area contributed by atoms with E-state index in [4.69, 9.17) is 9.47 Å². The third kappa shape index (κ3) is 7.90. The van der Waals surface area contributed by atoms with Gasteiger partial charge >= 0.3 is 0 Å². The molecule has 0 aromatic carbocycles. The first-order valence-electron chi connectivity index (χ1n) is 7.90. The Bertz CT molecular complexity index is 225. The van der Waals surface area contributed by atoms with E-state index in [1.807, 2.05) is 0 Å². The van der Waals surface area contributed by atoms with Crippen LogP contribution in [0, 0.1) is 0 Å². The molecule has 0 spiro atoms. The van der Waals surface area contributed by atoms with E-state index >= 15 is 0 Å². The van der Waals surface area contributed by atoms with Gasteiger partial charge in [0.2, 0.25) is 0 Å². The first-order valence-corrected chi connectivity index (χ1v) is 10.5. The lowest BCUT2D eigenvalue weighted by atomic mass is 10.1. The van der Waals surface area contributed by atoms with Crippen LogP contribution in [0.25, 0.3) is 0 Å². The van der Waals surface area contributed by atoms with E-state index in [0.717, 1.165) is 25.2 Å². The molecular weight excluding hydrogens is 252 g/mol. The highest BCUT2D eigenvalue weighted by Crippen LogP contribution is 2.21. The maximum Gasteiger partial charge on any atom is 0.157 e. The second-order valence-electron chi connectivity index (χ2n) is 5.79. The smallest absolute Gasteiger partial charge is 0.157 e. The van der Waals surface area contributed by atoms with Crippen LogP contribution in [-0.2, 0) is 9.47 Å². The zero-order valence-electron chi connectivity index (χ0n) is 12.8. The lowest BCUT2D eigenvalue weighted by Crippen LogP contribution is -2.22. The van der Waals surface area contributed by atoms with Gasteiger partial charge in [0.25, 0.3) is 0 Å². The van der Waals surface area contributed by atoms with Gasteiger partial charge in [0, 0.05) is 22.0 Å². The molecule has 3 heteroatoms. The van der Waals surface area contributed by atoms with Crippen molar-refractivity contribution >= 4 is 8.80 Å². The third-order valence-corrected chi connectivity index (χ3v) is 5.88. The Hall–Kier alpha value is -0.123. The molecule has 2 nitrogen and oxygen atoms in total. The van der Waals surface area contributed by atoms with E-state index < -0.39 is 0 Å². The summed E-state index contributed by atoms with van der Waals surface area (Å²) in [5.74, 6) is 0. The van der Waals surface area contributed by atoms with Crippen molar-refractivity contribution in [3.8, 4) is 0 Å². The Labute approximate surface area is 121 Å². The number of rotatable bonds is 10. The molecule has 111 valence electrons. The lowest BCUT2D eigenvalue weighted by Gasteiger charge is -2.22. The minimum atomic E-state index is -0.194. The van der Waals surface area contributed by atoms with Gasteiger partial charge in [0.05, 0.1) is 0 Å². The number of unbranched alkanes of at least 4 members (excludes halogenated alkanes) is 3. The van der Waals surface area contributed by atoms with Crippen molar-refractivity contribution in [2.45, 2.75) is 76.3 Å². The quantitative estimate of drug-likeness (QED) is 0.326. The molecule has 2 atom stereocenters. The Morgan fingerprint density at radius 3 is 2.68 bits per heavy atom. The summed E-state index contributed by atoms with van der Waals surface area (Å²) >= 11 is 0. The van der Waals surface area contributed by atoms with Gasteiger partial charge < -0.3 is 9.47 Å². The summed E-state index contributed by atoms with van der Waals surface area (Å²) in [6.45, 7) is 10.5. The van der Waals surface area contributed by atoms with Crippen LogP contribution in [0.2, 0.25) is 18.6 Å². The molecule has 1 aliphatic heterocycles. The zero-order chi connectivity index (χ0) is 13.9. The van der Waals surface area contributed by atoms with E-state index in [-0.39, 0.29) is 15.1 Å². The van der Waals surface area contributed by atoms with Gasteiger partial charge in [-0.05, 0) is 37.6 Å². The lowest BCUT2D eigenvalue weighted by molar-refractivity contribution is -0.162. The second-order valence-corrected chi connectivity index (χ2v) is 8.69. The summed E-state index contributed by atoms with van der Waals surface area (Å²) < 4.78 is 11.3. The van der Waals surface area contributed by atoms with Crippen LogP contribution < -0.4 is 0 Å². The highest BCUT2D eigenvalue weighted by molar-refractivity contribution is 6.58. The molecule has 1 aliphatic rings. The predicted molar refractivity (Wildman–Crippen MR) is 84.1 cm³/mol. The molecule has 0 amide bonds. The molecule has 1 fully saturated rings. The van der Waals surface area contributed by atoms with Gasteiger partial charge in [0.1, 0.15) is 0 Å². The standard InChI is InChI=1S/C16H31O2Si/c1-4-15(19(2)3)11-7-5-6-9-13-17-16-12-8-10-14-18-16/h4,15-16H,1,5-14H2,2-3H3. The van der Waals surface area contributed by atoms with Gasteiger partial charge in [0.15, 0.2) is 6.29 Å². The van der Waals surface area contributed by atoms with Gasteiger partial charge in [-0.2, -0.15) is 0 Å². The molecule has 0 N–H and O–H groups in total. The largest absolute Gasteiger partial charge is 0.353 e. The van der Waals surface area contributed by atoms with Crippen molar-refractivity contribution in [1.29, 1.82) is 0 Å². The minimum absolute atomic E-state index is 0.0873. The van der Waals surface area contributed by atoms with Crippen LogP contribution in [0.5, 0.6) is 0 Å². The molecule has 19 heavy (non-hydrogen) atoms. The fourth-order valence-electron chi connectivity index (χ4n) is 2.52. The van der Waals surface area contributed by atoms with Crippen LogP contribution in [-0.4, -0.2) is 28.3 Å². The molecule has 1 saturated heterocycles. The number of allylic oxidation sites excluding steroid dienone is 1. The van der Waals surface area contributed by atoms with Crippen LogP contribution in [0.1, 0.15) is 51.4 Å². The average Bonchev–Trinajstić information content (AvgIpc) is 2.42. The number of ether oxygens (including phenoxy) is 2. The fraction of sp³-hybridized carbons (Fsp3) is 0.875. The first kappa shape index (κ1) is 16.9. The molecule has 0 aromatic heterocycles. The van der Waals surface area contributed by atoms with Crippen molar-refractivity contribution in [2.75, 3.05) is 13.2 Å². The van der Waals surface area contributed by atoms with Crippen LogP contribution in [0.15, 0.2) is 12.7 Å². The first-order chi connectivity index (χ1) is 9.24. The van der Waals surface area contributed by atoms with Crippen molar-refractivity contribution < 1.29 is 9.47 Å². The SMILES string of the molecule is C=CC(CCCCCCOC1CCCCO1)[Si](C)C. The molecule has 1 heterocycles. The van der Waals surface area contributed by atoms with Crippen molar-refractivity contribution in [3.63, 3.8) is 0 Å². The van der Waals surface area contributed by atoms with Crippen LogP contribution in [0.3, 0.4) is 0 Å². The second kappa shape index (κ2) is 10.6. The van der Waals surface area contributed by atoms with Gasteiger partial charge in [-0.1, -0.05) is 38.4 Å². The van der Waals surface area contributed by atoms with E-state index in [1.165, 1.54) is 44.9 Å². The van der Waals surface area contributed by atoms with Gasteiger partial charge in [-0.25, -0.2) is 0 Å². The minimum Gasteiger partial charge on any atom is -0.353 e. The molecule has 0 aliphatic carbocycles. The summed E-state index contributed by atoms with van der Waals surface area (Å²) in [6, 6.07) is 0. The maximum absolute atomic E-state index is 5.74. The Kier molecular flexibility index (Phi) is 9.48. The molecule has 1 rings (SSSR count). The molecule has 0 bridgehead atoms. The summed E-state index contributed by atoms with van der Waals surface area (Å²) in [6.07, 6.45) is 12.2. The van der Waals surface area contributed by atoms with Gasteiger partial charge in [-0.15, -0.1) is 6.58 Å². The predicted octanol–water partition coefficient (Wildman–Crippen LogP) is 4.79. The van der Waals surface area contributed by atoms with Crippen molar-refractivity contribution in [1.82, 2.24) is 0 Å². The molecule has 0 saturated carbocycles. The zero-order valence-corrected chi connectivity index (χ0v) is 13.8. The summed E-state index contributed by atoms with van der Waals surface area (Å²) in [5, 5.41) is 0. The van der Waals surface area contributed by atoms with Crippen molar-refractivity contribution in [3.05, 3.63) is 12.7 Å². The number of hydrogen-bond acceptors (Lipinski definition) is 2. The fourth-order valence-corrected chi connectivity index (χ4v) is 3.77. The Morgan fingerprint density at radius 1 is 1.26 bits per heavy atom. The third-order valence-electron chi connectivity index (χ3n) is 3.88. The summed E-state index contributed by atoms with van der Waals surface area (Å²) in [5.41, 5.74) is 0.789. The Balaban J connectivity index is 1.89. The number of hydrogen-bond donors (Lipinski definition) is 0. The normalized spacial score (nSPS) is 21.5.